The smallest absolute Gasteiger partial charge is 0.187 e. The Labute approximate surface area is 125 Å². The molecular weight excluding hydrogens is 303 g/mol. The zero-order valence-corrected chi connectivity index (χ0v) is 12.4. The fourth-order valence-electron chi connectivity index (χ4n) is 2.19. The third kappa shape index (κ3) is 2.78. The zero-order valence-electron chi connectivity index (χ0n) is 10.1. The van der Waals surface area contributed by atoms with Gasteiger partial charge in [0.05, 0.1) is 11.7 Å². The lowest BCUT2D eigenvalue weighted by Crippen LogP contribution is -2.46. The Bertz CT molecular complexity index is 549. The van der Waals surface area contributed by atoms with Crippen LogP contribution in [-0.2, 0) is 0 Å². The average Bonchev–Trinajstić information content (AvgIpc) is 2.86. The van der Waals surface area contributed by atoms with Crippen LogP contribution in [0.15, 0.2) is 24.3 Å². The molecule has 0 bridgehead atoms. The second-order valence-corrected chi connectivity index (χ2v) is 5.65. The van der Waals surface area contributed by atoms with Crippen LogP contribution in [0.5, 0.6) is 0 Å². The number of aromatic nitrogens is 2. The van der Waals surface area contributed by atoms with Gasteiger partial charge in [0.15, 0.2) is 11.0 Å². The Morgan fingerprint density at radius 3 is 2.11 bits per heavy atom. The van der Waals surface area contributed by atoms with E-state index in [1.807, 2.05) is 12.1 Å². The maximum atomic E-state index is 6.01. The Kier molecular flexibility index (Phi) is 3.77. The van der Waals surface area contributed by atoms with E-state index >= 15 is 0 Å². The predicted molar refractivity (Wildman–Crippen MR) is 80.8 cm³/mol. The van der Waals surface area contributed by atoms with Gasteiger partial charge in [0.2, 0.25) is 0 Å². The molecule has 3 rings (SSSR count). The summed E-state index contributed by atoms with van der Waals surface area (Å²) in [6.45, 7) is 3.67. The monoisotopic (exact) mass is 314 g/mol. The van der Waals surface area contributed by atoms with Crippen molar-refractivity contribution in [2.75, 3.05) is 36.0 Å². The highest BCUT2D eigenvalue weighted by Crippen LogP contribution is 2.25. The molecule has 1 saturated heterocycles. The Morgan fingerprint density at radius 1 is 0.895 bits per heavy atom. The number of hydrogen-bond acceptors (Lipinski definition) is 5. The summed E-state index contributed by atoms with van der Waals surface area (Å²) in [7, 11) is 0. The van der Waals surface area contributed by atoms with Crippen molar-refractivity contribution in [1.82, 2.24) is 8.75 Å². The summed E-state index contributed by atoms with van der Waals surface area (Å²) in [6.07, 6.45) is 0. The lowest BCUT2D eigenvalue weighted by atomic mass is 10.2. The van der Waals surface area contributed by atoms with E-state index < -0.39 is 0 Å². The first kappa shape index (κ1) is 13.0. The summed E-state index contributed by atoms with van der Waals surface area (Å²) < 4.78 is 8.24. The van der Waals surface area contributed by atoms with E-state index in [-0.39, 0.29) is 0 Å². The number of benzene rings is 1. The van der Waals surface area contributed by atoms with E-state index in [0.29, 0.717) is 5.15 Å². The van der Waals surface area contributed by atoms with Crippen molar-refractivity contribution in [1.29, 1.82) is 0 Å². The molecule has 1 fully saturated rings. The molecular formula is C12H12Cl2N4S. The number of rotatable bonds is 2. The molecule has 2 heterocycles. The largest absolute Gasteiger partial charge is 0.368 e. The van der Waals surface area contributed by atoms with Crippen molar-refractivity contribution >= 4 is 46.4 Å². The normalized spacial score (nSPS) is 15.9. The van der Waals surface area contributed by atoms with Gasteiger partial charge in [-0.1, -0.05) is 23.2 Å². The van der Waals surface area contributed by atoms with Crippen LogP contribution >= 0.6 is 34.9 Å². The zero-order chi connectivity index (χ0) is 13.2. The molecule has 0 N–H and O–H groups in total. The minimum atomic E-state index is 0.505. The minimum Gasteiger partial charge on any atom is -0.368 e. The van der Waals surface area contributed by atoms with Crippen molar-refractivity contribution in [3.05, 3.63) is 34.4 Å². The van der Waals surface area contributed by atoms with E-state index in [1.54, 1.807) is 0 Å². The molecule has 0 amide bonds. The lowest BCUT2D eigenvalue weighted by Gasteiger charge is -2.36. The number of halogens is 2. The first-order valence-electron chi connectivity index (χ1n) is 5.97. The van der Waals surface area contributed by atoms with E-state index in [9.17, 15) is 0 Å². The average molecular weight is 315 g/mol. The summed E-state index contributed by atoms with van der Waals surface area (Å²) >= 11 is 13.1. The first-order chi connectivity index (χ1) is 9.24. The molecule has 0 aliphatic carbocycles. The van der Waals surface area contributed by atoms with Gasteiger partial charge < -0.3 is 9.80 Å². The number of hydrogen-bond donors (Lipinski definition) is 0. The van der Waals surface area contributed by atoms with Gasteiger partial charge in [-0.2, -0.15) is 8.75 Å². The Morgan fingerprint density at radius 2 is 1.53 bits per heavy atom. The third-order valence-electron chi connectivity index (χ3n) is 3.20. The number of nitrogens with zero attached hydrogens (tertiary/aromatic N) is 4. The quantitative estimate of drug-likeness (QED) is 0.852. The highest BCUT2D eigenvalue weighted by molar-refractivity contribution is 6.99. The highest BCUT2D eigenvalue weighted by Gasteiger charge is 2.21. The maximum Gasteiger partial charge on any atom is 0.187 e. The van der Waals surface area contributed by atoms with Gasteiger partial charge in [-0.25, -0.2) is 0 Å². The standard InChI is InChI=1S/C12H12Cl2N4S/c13-9-1-3-10(4-2-9)17-5-7-18(8-6-17)12-11(14)15-19-16-12/h1-4H,5-8H2. The van der Waals surface area contributed by atoms with E-state index in [4.69, 9.17) is 23.2 Å². The third-order valence-corrected chi connectivity index (χ3v) is 4.33. The predicted octanol–water partition coefficient (Wildman–Crippen LogP) is 3.17. The molecule has 1 aromatic carbocycles. The van der Waals surface area contributed by atoms with Crippen LogP contribution in [0.3, 0.4) is 0 Å². The fourth-order valence-corrected chi connectivity index (χ4v) is 3.09. The minimum absolute atomic E-state index is 0.505. The molecule has 7 heteroatoms. The molecule has 0 atom stereocenters. The van der Waals surface area contributed by atoms with Crippen molar-refractivity contribution in [3.8, 4) is 0 Å². The number of anilines is 2. The molecule has 0 radical (unpaired) electrons. The lowest BCUT2D eigenvalue weighted by molar-refractivity contribution is 0.649. The summed E-state index contributed by atoms with van der Waals surface area (Å²) in [6, 6.07) is 7.94. The molecule has 1 aliphatic heterocycles. The molecule has 2 aromatic rings. The van der Waals surface area contributed by atoms with Crippen molar-refractivity contribution in [3.63, 3.8) is 0 Å². The molecule has 4 nitrogen and oxygen atoms in total. The van der Waals surface area contributed by atoms with Gasteiger partial charge in [-0.3, -0.25) is 0 Å². The second kappa shape index (κ2) is 5.53. The van der Waals surface area contributed by atoms with Gasteiger partial charge in [-0.15, -0.1) is 0 Å². The summed E-state index contributed by atoms with van der Waals surface area (Å²) in [5, 5.41) is 1.27. The van der Waals surface area contributed by atoms with Crippen molar-refractivity contribution in [2.24, 2.45) is 0 Å². The highest BCUT2D eigenvalue weighted by atomic mass is 35.5. The van der Waals surface area contributed by atoms with Crippen molar-refractivity contribution < 1.29 is 0 Å². The molecule has 1 aromatic heterocycles. The van der Waals surface area contributed by atoms with Gasteiger partial charge in [-0.05, 0) is 24.3 Å². The first-order valence-corrected chi connectivity index (χ1v) is 7.46. The molecule has 19 heavy (non-hydrogen) atoms. The maximum absolute atomic E-state index is 6.01. The second-order valence-electron chi connectivity index (χ2n) is 4.33. The van der Waals surface area contributed by atoms with Crippen LogP contribution in [0.25, 0.3) is 0 Å². The van der Waals surface area contributed by atoms with Gasteiger partial charge in [0.25, 0.3) is 0 Å². The van der Waals surface area contributed by atoms with Crippen LogP contribution in [-0.4, -0.2) is 34.9 Å². The molecule has 0 saturated carbocycles. The summed E-state index contributed by atoms with van der Waals surface area (Å²) in [5.74, 6) is 0.808. The summed E-state index contributed by atoms with van der Waals surface area (Å²) in [4.78, 5) is 4.51. The molecule has 1 aliphatic rings. The number of piperazine rings is 1. The van der Waals surface area contributed by atoms with Crippen LogP contribution in [0.4, 0.5) is 11.5 Å². The molecule has 100 valence electrons. The van der Waals surface area contributed by atoms with Gasteiger partial charge in [0, 0.05) is 36.9 Å². The van der Waals surface area contributed by atoms with Crippen LogP contribution in [0.1, 0.15) is 0 Å². The Balaban J connectivity index is 1.66. The summed E-state index contributed by atoms with van der Waals surface area (Å²) in [5.41, 5.74) is 1.20. The SMILES string of the molecule is Clc1ccc(N2CCN(c3nsnc3Cl)CC2)cc1. The molecule has 0 unspecified atom stereocenters. The van der Waals surface area contributed by atoms with E-state index in [2.05, 4.69) is 30.7 Å². The van der Waals surface area contributed by atoms with Crippen LogP contribution in [0, 0.1) is 0 Å². The Hall–Kier alpha value is -1.04. The van der Waals surface area contributed by atoms with Crippen LogP contribution in [0.2, 0.25) is 10.2 Å². The van der Waals surface area contributed by atoms with Gasteiger partial charge in [0.1, 0.15) is 0 Å². The fraction of sp³-hybridized carbons (Fsp3) is 0.333. The van der Waals surface area contributed by atoms with Gasteiger partial charge >= 0.3 is 0 Å². The van der Waals surface area contributed by atoms with Crippen LogP contribution < -0.4 is 9.80 Å². The van der Waals surface area contributed by atoms with Crippen molar-refractivity contribution in [2.45, 2.75) is 0 Å². The topological polar surface area (TPSA) is 32.3 Å². The van der Waals surface area contributed by atoms with E-state index in [0.717, 1.165) is 48.7 Å². The van der Waals surface area contributed by atoms with E-state index in [1.165, 1.54) is 5.69 Å². The molecule has 0 spiro atoms.